The molecule has 0 saturated carbocycles. The maximum Gasteiger partial charge on any atom is 0.326 e. The number of carboxylic acids is 1. The molecule has 1 atom stereocenters. The average Bonchev–Trinajstić information content (AvgIpc) is 2.80. The summed E-state index contributed by atoms with van der Waals surface area (Å²) in [5, 5.41) is 19.3. The number of fused-ring (bicyclic) bond motifs is 1. The molecule has 1 heterocycles. The lowest BCUT2D eigenvalue weighted by Crippen LogP contribution is -2.49. The molecule has 106 valence electrons. The van der Waals surface area contributed by atoms with Gasteiger partial charge in [0.2, 0.25) is 0 Å². The number of rotatable bonds is 3. The molecule has 0 aliphatic rings. The van der Waals surface area contributed by atoms with Crippen LogP contribution < -0.4 is 5.32 Å². The van der Waals surface area contributed by atoms with Crippen LogP contribution in [0.1, 0.15) is 31.1 Å². The Bertz CT molecular complexity index is 655. The van der Waals surface area contributed by atoms with Gasteiger partial charge in [0.05, 0.1) is 11.7 Å². The number of aliphatic carboxylic acids is 1. The van der Waals surface area contributed by atoms with Gasteiger partial charge in [-0.2, -0.15) is 5.10 Å². The summed E-state index contributed by atoms with van der Waals surface area (Å²) in [6.45, 7) is 5.30. The molecule has 1 amide bonds. The number of aromatic nitrogens is 2. The highest BCUT2D eigenvalue weighted by Crippen LogP contribution is 2.20. The number of amides is 1. The van der Waals surface area contributed by atoms with Crippen LogP contribution in [0.25, 0.3) is 10.9 Å². The Morgan fingerprint density at radius 2 is 2.05 bits per heavy atom. The quantitative estimate of drug-likeness (QED) is 0.795. The van der Waals surface area contributed by atoms with Crippen LogP contribution in [0.4, 0.5) is 0 Å². The van der Waals surface area contributed by atoms with E-state index in [2.05, 4.69) is 15.5 Å². The summed E-state index contributed by atoms with van der Waals surface area (Å²) >= 11 is 0. The Morgan fingerprint density at radius 3 is 2.65 bits per heavy atom. The Kier molecular flexibility index (Phi) is 3.48. The number of aromatic amines is 1. The molecule has 1 aromatic heterocycles. The van der Waals surface area contributed by atoms with Crippen LogP contribution in [-0.4, -0.2) is 33.2 Å². The lowest BCUT2D eigenvalue weighted by molar-refractivity contribution is -0.142. The van der Waals surface area contributed by atoms with Gasteiger partial charge in [0.15, 0.2) is 0 Å². The summed E-state index contributed by atoms with van der Waals surface area (Å²) in [7, 11) is 0. The first-order chi connectivity index (χ1) is 9.29. The summed E-state index contributed by atoms with van der Waals surface area (Å²) in [5.74, 6) is -1.46. The Hall–Kier alpha value is -2.37. The fourth-order valence-corrected chi connectivity index (χ4v) is 1.94. The summed E-state index contributed by atoms with van der Waals surface area (Å²) in [6, 6.07) is 4.11. The van der Waals surface area contributed by atoms with E-state index in [1.165, 1.54) is 0 Å². The highest BCUT2D eigenvalue weighted by Gasteiger charge is 2.32. The number of carboxylic acid groups (broad SMARTS) is 1. The zero-order chi connectivity index (χ0) is 14.9. The van der Waals surface area contributed by atoms with Crippen molar-refractivity contribution < 1.29 is 14.7 Å². The summed E-state index contributed by atoms with van der Waals surface area (Å²) in [4.78, 5) is 23.4. The SMILES string of the molecule is CC(C)(C)C(NC(=O)c1ccc2cn[nH]c2c1)C(=O)O. The van der Waals surface area contributed by atoms with E-state index in [1.54, 1.807) is 45.2 Å². The molecule has 6 nitrogen and oxygen atoms in total. The van der Waals surface area contributed by atoms with Gasteiger partial charge < -0.3 is 10.4 Å². The second-order valence-corrected chi connectivity index (χ2v) is 5.78. The van der Waals surface area contributed by atoms with Crippen molar-refractivity contribution >= 4 is 22.8 Å². The van der Waals surface area contributed by atoms with E-state index in [4.69, 9.17) is 0 Å². The number of carbonyl (C=O) groups is 2. The largest absolute Gasteiger partial charge is 0.480 e. The fourth-order valence-electron chi connectivity index (χ4n) is 1.94. The van der Waals surface area contributed by atoms with Crippen molar-refractivity contribution in [1.29, 1.82) is 0 Å². The first-order valence-electron chi connectivity index (χ1n) is 6.26. The van der Waals surface area contributed by atoms with Crippen molar-refractivity contribution in [2.45, 2.75) is 26.8 Å². The van der Waals surface area contributed by atoms with E-state index in [1.807, 2.05) is 0 Å². The van der Waals surface area contributed by atoms with Crippen molar-refractivity contribution in [1.82, 2.24) is 15.5 Å². The molecule has 1 unspecified atom stereocenters. The van der Waals surface area contributed by atoms with Crippen LogP contribution >= 0.6 is 0 Å². The van der Waals surface area contributed by atoms with Crippen LogP contribution in [0.5, 0.6) is 0 Å². The minimum atomic E-state index is -1.05. The standard InChI is InChI=1S/C14H17N3O3/c1-14(2,3)11(13(19)20)16-12(18)8-4-5-9-7-15-17-10(9)6-8/h4-7,11H,1-3H3,(H,15,17)(H,16,18)(H,19,20). The average molecular weight is 275 g/mol. The van der Waals surface area contributed by atoms with Crippen LogP contribution in [0.15, 0.2) is 24.4 Å². The van der Waals surface area contributed by atoms with Gasteiger partial charge in [0.25, 0.3) is 5.91 Å². The number of carbonyl (C=O) groups excluding carboxylic acids is 1. The maximum atomic E-state index is 12.2. The third kappa shape index (κ3) is 2.79. The van der Waals surface area contributed by atoms with E-state index in [-0.39, 0.29) is 0 Å². The Morgan fingerprint density at radius 1 is 1.35 bits per heavy atom. The lowest BCUT2D eigenvalue weighted by atomic mass is 9.86. The van der Waals surface area contributed by atoms with E-state index < -0.39 is 23.3 Å². The predicted molar refractivity (Wildman–Crippen MR) is 74.4 cm³/mol. The molecule has 20 heavy (non-hydrogen) atoms. The van der Waals surface area contributed by atoms with Crippen molar-refractivity contribution in [3.63, 3.8) is 0 Å². The molecule has 0 bridgehead atoms. The monoisotopic (exact) mass is 275 g/mol. The molecule has 0 saturated heterocycles. The highest BCUT2D eigenvalue weighted by atomic mass is 16.4. The van der Waals surface area contributed by atoms with Crippen molar-refractivity contribution in [2.24, 2.45) is 5.41 Å². The Balaban J connectivity index is 2.24. The second-order valence-electron chi connectivity index (χ2n) is 5.78. The minimum absolute atomic E-state index is 0.400. The van der Waals surface area contributed by atoms with Crippen LogP contribution in [0.2, 0.25) is 0 Å². The number of hydrogen-bond donors (Lipinski definition) is 3. The zero-order valence-corrected chi connectivity index (χ0v) is 11.6. The molecule has 0 aliphatic heterocycles. The first kappa shape index (κ1) is 14.0. The van der Waals surface area contributed by atoms with Gasteiger partial charge in [-0.15, -0.1) is 0 Å². The van der Waals surface area contributed by atoms with Gasteiger partial charge >= 0.3 is 5.97 Å². The zero-order valence-electron chi connectivity index (χ0n) is 11.6. The molecule has 1 aromatic carbocycles. The van der Waals surface area contributed by atoms with Crippen LogP contribution in [-0.2, 0) is 4.79 Å². The summed E-state index contributed by atoms with van der Waals surface area (Å²) in [5.41, 5.74) is 0.567. The number of H-pyrrole nitrogens is 1. The third-order valence-electron chi connectivity index (χ3n) is 3.09. The first-order valence-corrected chi connectivity index (χ1v) is 6.26. The molecule has 6 heteroatoms. The molecule has 0 fully saturated rings. The maximum absolute atomic E-state index is 12.2. The van der Waals surface area contributed by atoms with Crippen molar-refractivity contribution in [3.05, 3.63) is 30.0 Å². The molecule has 2 aromatic rings. The lowest BCUT2D eigenvalue weighted by Gasteiger charge is -2.27. The smallest absolute Gasteiger partial charge is 0.326 e. The van der Waals surface area contributed by atoms with Gasteiger partial charge in [-0.25, -0.2) is 4.79 Å². The van der Waals surface area contributed by atoms with E-state index in [0.717, 1.165) is 10.9 Å². The summed E-state index contributed by atoms with van der Waals surface area (Å²) in [6.07, 6.45) is 1.66. The van der Waals surface area contributed by atoms with E-state index in [9.17, 15) is 14.7 Å². The van der Waals surface area contributed by atoms with Gasteiger partial charge in [-0.05, 0) is 17.5 Å². The van der Waals surface area contributed by atoms with Gasteiger partial charge in [-0.3, -0.25) is 9.89 Å². The minimum Gasteiger partial charge on any atom is -0.480 e. The normalized spacial score (nSPS) is 13.2. The number of benzene rings is 1. The summed E-state index contributed by atoms with van der Waals surface area (Å²) < 4.78 is 0. The van der Waals surface area contributed by atoms with Crippen LogP contribution in [0, 0.1) is 5.41 Å². The number of nitrogens with one attached hydrogen (secondary N) is 2. The number of nitrogens with zero attached hydrogens (tertiary/aromatic N) is 1. The molecular weight excluding hydrogens is 258 g/mol. The Labute approximate surface area is 116 Å². The van der Waals surface area contributed by atoms with E-state index >= 15 is 0 Å². The molecule has 3 N–H and O–H groups in total. The van der Waals surface area contributed by atoms with Crippen molar-refractivity contribution in [2.75, 3.05) is 0 Å². The molecule has 0 spiro atoms. The number of hydrogen-bond acceptors (Lipinski definition) is 3. The third-order valence-corrected chi connectivity index (χ3v) is 3.09. The van der Waals surface area contributed by atoms with Gasteiger partial charge in [-0.1, -0.05) is 26.8 Å². The second kappa shape index (κ2) is 4.96. The molecule has 0 radical (unpaired) electrons. The van der Waals surface area contributed by atoms with Crippen molar-refractivity contribution in [3.8, 4) is 0 Å². The van der Waals surface area contributed by atoms with Gasteiger partial charge in [0, 0.05) is 10.9 Å². The van der Waals surface area contributed by atoms with Gasteiger partial charge in [0.1, 0.15) is 6.04 Å². The van der Waals surface area contributed by atoms with Crippen LogP contribution in [0.3, 0.4) is 0 Å². The molecular formula is C14H17N3O3. The highest BCUT2D eigenvalue weighted by molar-refractivity contribution is 5.99. The molecule has 2 rings (SSSR count). The predicted octanol–water partition coefficient (Wildman–Crippen LogP) is 1.79. The molecule has 0 aliphatic carbocycles. The van der Waals surface area contributed by atoms with E-state index in [0.29, 0.717) is 5.56 Å². The fraction of sp³-hybridized carbons (Fsp3) is 0.357. The topological polar surface area (TPSA) is 95.1 Å².